The van der Waals surface area contributed by atoms with Crippen LogP contribution in [0.15, 0.2) is 75.7 Å². The Bertz CT molecular complexity index is 1800. The Morgan fingerprint density at radius 3 is 2.32 bits per heavy atom. The number of aromatic nitrogens is 1. The predicted molar refractivity (Wildman–Crippen MR) is 175 cm³/mol. The van der Waals surface area contributed by atoms with Crippen molar-refractivity contribution in [2.45, 2.75) is 39.5 Å². The van der Waals surface area contributed by atoms with Gasteiger partial charge in [-0.25, -0.2) is 9.78 Å². The fourth-order valence-corrected chi connectivity index (χ4v) is 7.07. The third-order valence-electron chi connectivity index (χ3n) is 8.67. The van der Waals surface area contributed by atoms with E-state index in [1.54, 1.807) is 42.5 Å². The molecule has 0 radical (unpaired) electrons. The number of rotatable bonds is 7. The highest BCUT2D eigenvalue weighted by Crippen LogP contribution is 2.42. The van der Waals surface area contributed by atoms with Gasteiger partial charge >= 0.3 is 5.97 Å². The van der Waals surface area contributed by atoms with E-state index < -0.39 is 12.6 Å². The molecular formula is C35H30Br2N2O5. The summed E-state index contributed by atoms with van der Waals surface area (Å²) in [4.78, 5) is 58.9. The fourth-order valence-electron chi connectivity index (χ4n) is 6.30. The fraction of sp³-hybridized carbons (Fsp3) is 0.286. The predicted octanol–water partition coefficient (Wildman–Crippen LogP) is 7.95. The van der Waals surface area contributed by atoms with E-state index in [4.69, 9.17) is 9.72 Å². The molecule has 4 aromatic rings. The van der Waals surface area contributed by atoms with Crippen LogP contribution in [0.25, 0.3) is 22.2 Å². The number of nitrogens with zero attached hydrogens (tertiary/aromatic N) is 2. The molecule has 2 fully saturated rings. The van der Waals surface area contributed by atoms with Crippen LogP contribution in [0.5, 0.6) is 0 Å². The van der Waals surface area contributed by atoms with Crippen molar-refractivity contribution >= 4 is 72.0 Å². The molecule has 44 heavy (non-hydrogen) atoms. The lowest BCUT2D eigenvalue weighted by Gasteiger charge is -2.25. The summed E-state index contributed by atoms with van der Waals surface area (Å²) in [7, 11) is 0. The molecule has 0 N–H and O–H groups in total. The maximum atomic E-state index is 13.5. The summed E-state index contributed by atoms with van der Waals surface area (Å²) in [6.45, 7) is 3.75. The number of hydrogen-bond donors (Lipinski definition) is 0. The first-order valence-corrected chi connectivity index (χ1v) is 16.3. The van der Waals surface area contributed by atoms with Gasteiger partial charge in [-0.15, -0.1) is 0 Å². The van der Waals surface area contributed by atoms with Gasteiger partial charge in [0.25, 0.3) is 0 Å². The summed E-state index contributed by atoms with van der Waals surface area (Å²) >= 11 is 6.90. The molecule has 2 amide bonds. The summed E-state index contributed by atoms with van der Waals surface area (Å²) in [5.74, 6) is -1.24. The van der Waals surface area contributed by atoms with Crippen molar-refractivity contribution in [3.63, 3.8) is 0 Å². The van der Waals surface area contributed by atoms with Crippen molar-refractivity contribution < 1.29 is 23.9 Å². The van der Waals surface area contributed by atoms with Crippen molar-refractivity contribution in [3.05, 3.63) is 92.4 Å². The summed E-state index contributed by atoms with van der Waals surface area (Å²) in [5, 5.41) is 0.614. The van der Waals surface area contributed by atoms with E-state index in [9.17, 15) is 19.2 Å². The third kappa shape index (κ3) is 5.75. The number of imide groups is 1. The van der Waals surface area contributed by atoms with Crippen molar-refractivity contribution in [1.29, 1.82) is 0 Å². The standard InChI is InChI=1S/C35H30Br2N2O5/c1-3-20-15-24(37)16-27-29(35(43)44-18-31(40)22-5-9-23(36)10-6-22)17-30(38-32(20)27)21-7-11-25(12-8-21)39-33(41)26-13-4-19(2)14-28(26)34(39)42/h5-12,15-17,19,26,28H,3-4,13-14,18H2,1-2H3. The van der Waals surface area contributed by atoms with E-state index in [0.717, 1.165) is 33.8 Å². The van der Waals surface area contributed by atoms with Gasteiger partial charge in [0, 0.05) is 25.5 Å². The Kier molecular flexibility index (Phi) is 8.53. The Balaban J connectivity index is 1.32. The Hall–Kier alpha value is -3.69. The van der Waals surface area contributed by atoms with Gasteiger partial charge in [-0.1, -0.05) is 70.0 Å². The third-order valence-corrected chi connectivity index (χ3v) is 9.65. The van der Waals surface area contributed by atoms with Crippen molar-refractivity contribution in [1.82, 2.24) is 4.98 Å². The molecule has 1 saturated carbocycles. The minimum atomic E-state index is -0.633. The minimum absolute atomic E-state index is 0.121. The number of Topliss-reactive ketones (excluding diaryl/α,β-unsaturated/α-hetero) is 1. The average Bonchev–Trinajstić information content (AvgIpc) is 3.27. The largest absolute Gasteiger partial charge is 0.454 e. The van der Waals surface area contributed by atoms with Gasteiger partial charge in [0.15, 0.2) is 12.4 Å². The molecule has 3 unspecified atom stereocenters. The molecule has 2 heterocycles. The Morgan fingerprint density at radius 2 is 1.61 bits per heavy atom. The maximum Gasteiger partial charge on any atom is 0.339 e. The molecule has 1 aliphatic heterocycles. The number of ether oxygens (including phenoxy) is 1. The van der Waals surface area contributed by atoms with E-state index in [2.05, 4.69) is 38.8 Å². The molecule has 2 aliphatic rings. The van der Waals surface area contributed by atoms with Crippen LogP contribution in [-0.2, 0) is 20.7 Å². The summed E-state index contributed by atoms with van der Waals surface area (Å²) in [5.41, 5.74) is 4.12. The quantitative estimate of drug-likeness (QED) is 0.109. The molecule has 6 rings (SSSR count). The molecular weight excluding hydrogens is 688 g/mol. The van der Waals surface area contributed by atoms with Gasteiger partial charge in [-0.05, 0) is 79.6 Å². The van der Waals surface area contributed by atoms with E-state index >= 15 is 0 Å². The monoisotopic (exact) mass is 716 g/mol. The van der Waals surface area contributed by atoms with Crippen LogP contribution in [0.2, 0.25) is 0 Å². The highest BCUT2D eigenvalue weighted by Gasteiger charge is 2.49. The summed E-state index contributed by atoms with van der Waals surface area (Å²) in [6, 6.07) is 19.5. The Labute approximate surface area is 272 Å². The van der Waals surface area contributed by atoms with Gasteiger partial charge in [0.2, 0.25) is 11.8 Å². The molecule has 1 aliphatic carbocycles. The summed E-state index contributed by atoms with van der Waals surface area (Å²) in [6.07, 6.45) is 3.13. The molecule has 0 spiro atoms. The number of hydrogen-bond acceptors (Lipinski definition) is 6. The number of carbonyl (C=O) groups excluding carboxylic acids is 4. The van der Waals surface area contributed by atoms with E-state index in [1.807, 2.05) is 31.2 Å². The number of halogens is 2. The first-order chi connectivity index (χ1) is 21.1. The first-order valence-electron chi connectivity index (χ1n) is 14.7. The highest BCUT2D eigenvalue weighted by molar-refractivity contribution is 9.10. The average molecular weight is 718 g/mol. The lowest BCUT2D eigenvalue weighted by Crippen LogP contribution is -2.30. The molecule has 3 aromatic carbocycles. The number of anilines is 1. The number of ketones is 1. The number of carbonyl (C=O) groups is 4. The van der Waals surface area contributed by atoms with Crippen molar-refractivity contribution in [3.8, 4) is 11.3 Å². The van der Waals surface area contributed by atoms with Gasteiger partial charge in [0.05, 0.1) is 34.3 Å². The lowest BCUT2D eigenvalue weighted by atomic mass is 9.76. The van der Waals surface area contributed by atoms with Crippen LogP contribution in [-0.4, -0.2) is 35.2 Å². The number of pyridine rings is 1. The van der Waals surface area contributed by atoms with Gasteiger partial charge in [0.1, 0.15) is 0 Å². The van der Waals surface area contributed by atoms with E-state index in [-0.39, 0.29) is 35.0 Å². The smallest absolute Gasteiger partial charge is 0.339 e. The maximum absolute atomic E-state index is 13.5. The molecule has 0 bridgehead atoms. The molecule has 7 nitrogen and oxygen atoms in total. The van der Waals surface area contributed by atoms with Gasteiger partial charge in [-0.2, -0.15) is 0 Å². The number of esters is 1. The van der Waals surface area contributed by atoms with E-state index in [0.29, 0.717) is 45.7 Å². The molecule has 224 valence electrons. The van der Waals surface area contributed by atoms with Crippen LogP contribution in [0, 0.1) is 17.8 Å². The molecule has 1 aromatic heterocycles. The number of benzene rings is 3. The Morgan fingerprint density at radius 1 is 0.909 bits per heavy atom. The van der Waals surface area contributed by atoms with Crippen molar-refractivity contribution in [2.75, 3.05) is 11.5 Å². The number of aryl methyl sites for hydroxylation is 1. The second-order valence-electron chi connectivity index (χ2n) is 11.6. The van der Waals surface area contributed by atoms with Crippen LogP contribution < -0.4 is 4.90 Å². The van der Waals surface area contributed by atoms with Gasteiger partial charge < -0.3 is 4.74 Å². The zero-order valence-electron chi connectivity index (χ0n) is 24.3. The van der Waals surface area contributed by atoms with Crippen LogP contribution in [0.1, 0.15) is 59.4 Å². The SMILES string of the molecule is CCc1cc(Br)cc2c(C(=O)OCC(=O)c3ccc(Br)cc3)cc(-c3ccc(N4C(=O)C5CCC(C)CC5C4=O)cc3)nc12. The first kappa shape index (κ1) is 30.3. The summed E-state index contributed by atoms with van der Waals surface area (Å²) < 4.78 is 7.17. The lowest BCUT2D eigenvalue weighted by molar-refractivity contribution is -0.122. The topological polar surface area (TPSA) is 93.6 Å². The van der Waals surface area contributed by atoms with Crippen molar-refractivity contribution in [2.24, 2.45) is 17.8 Å². The second kappa shape index (κ2) is 12.4. The minimum Gasteiger partial charge on any atom is -0.454 e. The zero-order valence-corrected chi connectivity index (χ0v) is 27.5. The van der Waals surface area contributed by atoms with E-state index in [1.165, 1.54) is 4.90 Å². The normalized spacial score (nSPS) is 19.7. The molecule has 1 saturated heterocycles. The van der Waals surface area contributed by atoms with Crippen LogP contribution in [0.3, 0.4) is 0 Å². The number of amides is 2. The highest BCUT2D eigenvalue weighted by atomic mass is 79.9. The van der Waals surface area contributed by atoms with Gasteiger partial charge in [-0.3, -0.25) is 19.3 Å². The molecule has 9 heteroatoms. The number of fused-ring (bicyclic) bond motifs is 2. The van der Waals surface area contributed by atoms with Crippen LogP contribution in [0.4, 0.5) is 5.69 Å². The molecule has 3 atom stereocenters. The second-order valence-corrected chi connectivity index (χ2v) is 13.4. The zero-order chi connectivity index (χ0) is 31.1. The van der Waals surface area contributed by atoms with Crippen LogP contribution >= 0.6 is 31.9 Å².